The third-order valence-corrected chi connectivity index (χ3v) is 4.47. The molecule has 1 aromatic rings. The van der Waals surface area contributed by atoms with Crippen LogP contribution in [0.4, 0.5) is 5.69 Å². The zero-order chi connectivity index (χ0) is 15.2. The number of aliphatic hydroxyl groups excluding tert-OH is 1. The van der Waals surface area contributed by atoms with Crippen molar-refractivity contribution in [3.8, 4) is 0 Å². The summed E-state index contributed by atoms with van der Waals surface area (Å²) in [6.07, 6.45) is 4.71. The Morgan fingerprint density at radius 2 is 2.05 bits per heavy atom. The number of anilines is 1. The topological polar surface area (TPSA) is 35.5 Å². The molecule has 2 N–H and O–H groups in total. The summed E-state index contributed by atoms with van der Waals surface area (Å²) in [4.78, 5) is 2.32. The van der Waals surface area contributed by atoms with Gasteiger partial charge in [-0.3, -0.25) is 0 Å². The van der Waals surface area contributed by atoms with Crippen LogP contribution in [0.3, 0.4) is 0 Å². The van der Waals surface area contributed by atoms with Gasteiger partial charge < -0.3 is 15.3 Å². The van der Waals surface area contributed by atoms with Crippen LogP contribution >= 0.6 is 11.6 Å². The third kappa shape index (κ3) is 4.60. The number of rotatable bonds is 9. The summed E-state index contributed by atoms with van der Waals surface area (Å²) >= 11 is 6.22. The highest BCUT2D eigenvalue weighted by molar-refractivity contribution is 6.30. The van der Waals surface area contributed by atoms with Crippen LogP contribution in [0.25, 0.3) is 0 Å². The van der Waals surface area contributed by atoms with E-state index in [1.54, 1.807) is 0 Å². The lowest BCUT2D eigenvalue weighted by Gasteiger charge is -2.34. The Kier molecular flexibility index (Phi) is 6.34. The van der Waals surface area contributed by atoms with E-state index >= 15 is 0 Å². The molecular formula is C17H27ClN2O. The van der Waals surface area contributed by atoms with Gasteiger partial charge in [0, 0.05) is 35.9 Å². The summed E-state index contributed by atoms with van der Waals surface area (Å²) < 4.78 is 0. The molecule has 0 unspecified atom stereocenters. The summed E-state index contributed by atoms with van der Waals surface area (Å²) in [6, 6.07) is 7.24. The number of hydrogen-bond acceptors (Lipinski definition) is 3. The molecule has 0 spiro atoms. The monoisotopic (exact) mass is 310 g/mol. The summed E-state index contributed by atoms with van der Waals surface area (Å²) in [5.41, 5.74) is 2.44. The minimum atomic E-state index is 0.165. The summed E-state index contributed by atoms with van der Waals surface area (Å²) in [7, 11) is 0. The lowest BCUT2D eigenvalue weighted by atomic mass is 10.1. The first-order chi connectivity index (χ1) is 10.2. The molecule has 1 aliphatic rings. The summed E-state index contributed by atoms with van der Waals surface area (Å²) in [5, 5.41) is 13.8. The smallest absolute Gasteiger partial charge is 0.0606 e. The van der Waals surface area contributed by atoms with Crippen LogP contribution in [-0.2, 0) is 6.54 Å². The van der Waals surface area contributed by atoms with Crippen LogP contribution in [0.5, 0.6) is 0 Å². The maximum Gasteiger partial charge on any atom is 0.0606 e. The van der Waals surface area contributed by atoms with Crippen LogP contribution in [-0.4, -0.2) is 30.3 Å². The molecule has 0 bridgehead atoms. The molecule has 0 amide bonds. The predicted octanol–water partition coefficient (Wildman–Crippen LogP) is 3.58. The third-order valence-electron chi connectivity index (χ3n) is 4.24. The number of halogens is 1. The quantitative estimate of drug-likeness (QED) is 0.732. The van der Waals surface area contributed by atoms with Gasteiger partial charge in [-0.25, -0.2) is 0 Å². The van der Waals surface area contributed by atoms with E-state index in [0.717, 1.165) is 24.4 Å². The van der Waals surface area contributed by atoms with Crippen molar-refractivity contribution < 1.29 is 5.11 Å². The molecule has 2 rings (SSSR count). The first kappa shape index (κ1) is 16.6. The lowest BCUT2D eigenvalue weighted by Crippen LogP contribution is -2.37. The fourth-order valence-electron chi connectivity index (χ4n) is 2.83. The molecule has 0 heterocycles. The molecule has 1 saturated carbocycles. The largest absolute Gasteiger partial charge is 0.395 e. The zero-order valence-corrected chi connectivity index (χ0v) is 13.9. The predicted molar refractivity (Wildman–Crippen MR) is 90.1 cm³/mol. The highest BCUT2D eigenvalue weighted by atomic mass is 35.5. The average Bonchev–Trinajstić information content (AvgIpc) is 3.30. The molecule has 1 aliphatic carbocycles. The van der Waals surface area contributed by atoms with E-state index in [1.165, 1.54) is 24.1 Å². The minimum absolute atomic E-state index is 0.165. The Balaban J connectivity index is 2.24. The number of benzene rings is 1. The zero-order valence-electron chi connectivity index (χ0n) is 13.1. The second kappa shape index (κ2) is 8.02. The van der Waals surface area contributed by atoms with Crippen molar-refractivity contribution in [2.75, 3.05) is 18.1 Å². The highest BCUT2D eigenvalue weighted by Gasteiger charge is 2.22. The van der Waals surface area contributed by atoms with Crippen molar-refractivity contribution in [2.45, 2.75) is 58.2 Å². The first-order valence-corrected chi connectivity index (χ1v) is 8.46. The minimum Gasteiger partial charge on any atom is -0.395 e. The van der Waals surface area contributed by atoms with Crippen molar-refractivity contribution in [2.24, 2.45) is 0 Å². The van der Waals surface area contributed by atoms with Crippen LogP contribution in [0.15, 0.2) is 18.2 Å². The van der Waals surface area contributed by atoms with Gasteiger partial charge in [0.1, 0.15) is 0 Å². The van der Waals surface area contributed by atoms with E-state index in [9.17, 15) is 5.11 Å². The standard InChI is InChI=1S/C17H27ClN2O/c1-3-16(4-2)20(9-10-21)17-11-14(18)6-5-13(17)12-19-15-7-8-15/h5-6,11,15-16,19,21H,3-4,7-10,12H2,1-2H3. The Hall–Kier alpha value is -0.770. The fraction of sp³-hybridized carbons (Fsp3) is 0.647. The number of hydrogen-bond donors (Lipinski definition) is 2. The molecule has 0 saturated heterocycles. The lowest BCUT2D eigenvalue weighted by molar-refractivity contribution is 0.296. The van der Waals surface area contributed by atoms with Crippen LogP contribution in [0.2, 0.25) is 5.02 Å². The summed E-state index contributed by atoms with van der Waals surface area (Å²) in [5.74, 6) is 0. The van der Waals surface area contributed by atoms with Gasteiger partial charge in [0.2, 0.25) is 0 Å². The van der Waals surface area contributed by atoms with Gasteiger partial charge in [-0.1, -0.05) is 31.5 Å². The normalized spacial score (nSPS) is 14.7. The van der Waals surface area contributed by atoms with E-state index in [-0.39, 0.29) is 6.61 Å². The van der Waals surface area contributed by atoms with E-state index in [1.807, 2.05) is 12.1 Å². The Bertz CT molecular complexity index is 444. The molecule has 0 radical (unpaired) electrons. The van der Waals surface area contributed by atoms with E-state index in [0.29, 0.717) is 18.6 Å². The van der Waals surface area contributed by atoms with Gasteiger partial charge in [0.05, 0.1) is 6.61 Å². The van der Waals surface area contributed by atoms with Crippen LogP contribution < -0.4 is 10.2 Å². The molecule has 3 nitrogen and oxygen atoms in total. The van der Waals surface area contributed by atoms with Crippen molar-refractivity contribution in [3.05, 3.63) is 28.8 Å². The molecule has 21 heavy (non-hydrogen) atoms. The van der Waals surface area contributed by atoms with Crippen molar-refractivity contribution in [1.29, 1.82) is 0 Å². The fourth-order valence-corrected chi connectivity index (χ4v) is 3.00. The average molecular weight is 311 g/mol. The molecule has 0 aromatic heterocycles. The number of nitrogens with one attached hydrogen (secondary N) is 1. The summed E-state index contributed by atoms with van der Waals surface area (Å²) in [6.45, 7) is 6.09. The molecular weight excluding hydrogens is 284 g/mol. The van der Waals surface area contributed by atoms with Gasteiger partial charge in [0.15, 0.2) is 0 Å². The van der Waals surface area contributed by atoms with E-state index in [2.05, 4.69) is 30.1 Å². The van der Waals surface area contributed by atoms with Crippen LogP contribution in [0.1, 0.15) is 45.1 Å². The molecule has 0 aliphatic heterocycles. The van der Waals surface area contributed by atoms with Gasteiger partial charge in [-0.15, -0.1) is 0 Å². The first-order valence-electron chi connectivity index (χ1n) is 8.08. The Labute approximate surface area is 133 Å². The molecule has 4 heteroatoms. The van der Waals surface area contributed by atoms with Gasteiger partial charge in [0.25, 0.3) is 0 Å². The maximum absolute atomic E-state index is 9.44. The maximum atomic E-state index is 9.44. The van der Waals surface area contributed by atoms with Gasteiger partial charge in [-0.2, -0.15) is 0 Å². The molecule has 1 fully saturated rings. The van der Waals surface area contributed by atoms with E-state index < -0.39 is 0 Å². The second-order valence-electron chi connectivity index (χ2n) is 5.82. The Morgan fingerprint density at radius 1 is 1.33 bits per heavy atom. The number of aliphatic hydroxyl groups is 1. The van der Waals surface area contributed by atoms with E-state index in [4.69, 9.17) is 11.6 Å². The van der Waals surface area contributed by atoms with Gasteiger partial charge >= 0.3 is 0 Å². The molecule has 118 valence electrons. The second-order valence-corrected chi connectivity index (χ2v) is 6.25. The SMILES string of the molecule is CCC(CC)N(CCO)c1cc(Cl)ccc1CNC1CC1. The van der Waals surface area contributed by atoms with Crippen molar-refractivity contribution >= 4 is 17.3 Å². The Morgan fingerprint density at radius 3 is 2.62 bits per heavy atom. The molecule has 0 atom stereocenters. The highest BCUT2D eigenvalue weighted by Crippen LogP contribution is 2.29. The van der Waals surface area contributed by atoms with Crippen molar-refractivity contribution in [1.82, 2.24) is 5.32 Å². The van der Waals surface area contributed by atoms with Gasteiger partial charge in [-0.05, 0) is 43.4 Å². The molecule has 1 aromatic carbocycles. The van der Waals surface area contributed by atoms with Crippen LogP contribution in [0, 0.1) is 0 Å². The van der Waals surface area contributed by atoms with Crippen molar-refractivity contribution in [3.63, 3.8) is 0 Å². The number of nitrogens with zero attached hydrogens (tertiary/aromatic N) is 1.